The van der Waals surface area contributed by atoms with Crippen LogP contribution in [-0.2, 0) is 11.3 Å². The number of nitrogens with two attached hydrogens (primary N) is 1. The first-order valence-corrected chi connectivity index (χ1v) is 6.50. The summed E-state index contributed by atoms with van der Waals surface area (Å²) in [7, 11) is 0. The lowest BCUT2D eigenvalue weighted by molar-refractivity contribution is -0.384. The molecular weight excluding hydrogens is 262 g/mol. The van der Waals surface area contributed by atoms with Gasteiger partial charge in [-0.25, -0.2) is 0 Å². The maximum Gasteiger partial charge on any atom is 0.269 e. The molecule has 0 amide bonds. The van der Waals surface area contributed by atoms with Gasteiger partial charge in [0, 0.05) is 37.0 Å². The molecule has 1 heterocycles. The molecule has 1 aliphatic heterocycles. The van der Waals surface area contributed by atoms with Gasteiger partial charge in [0.2, 0.25) is 0 Å². The van der Waals surface area contributed by atoms with Crippen molar-refractivity contribution in [3.63, 3.8) is 0 Å². The molecule has 0 aromatic heterocycles. The molecule has 0 spiro atoms. The summed E-state index contributed by atoms with van der Waals surface area (Å²) < 4.78 is 5.47. The number of ether oxygens (including phenoxy) is 1. The lowest BCUT2D eigenvalue weighted by Gasteiger charge is -2.37. The molecule has 1 saturated heterocycles. The third kappa shape index (κ3) is 3.24. The van der Waals surface area contributed by atoms with Gasteiger partial charge >= 0.3 is 0 Å². The fraction of sp³-hybridized carbons (Fsp3) is 0.538. The molecule has 0 saturated carbocycles. The normalized spacial score (nSPS) is 23.7. The van der Waals surface area contributed by atoms with Gasteiger partial charge in [-0.05, 0) is 18.6 Å². The highest BCUT2D eigenvalue weighted by Crippen LogP contribution is 2.23. The van der Waals surface area contributed by atoms with Gasteiger partial charge in [0.1, 0.15) is 0 Å². The second-order valence-corrected chi connectivity index (χ2v) is 5.06. The first-order valence-electron chi connectivity index (χ1n) is 6.50. The molecule has 2 rings (SSSR count). The highest BCUT2D eigenvalue weighted by Gasteiger charge is 2.26. The number of hydrogen-bond donors (Lipinski definition) is 2. The maximum atomic E-state index is 10.8. The summed E-state index contributed by atoms with van der Waals surface area (Å²) in [6.07, 6.45) is -0.217. The minimum Gasteiger partial charge on any atom is -0.398 e. The molecule has 3 N–H and O–H groups in total. The van der Waals surface area contributed by atoms with Crippen LogP contribution in [0.4, 0.5) is 11.4 Å². The molecule has 7 nitrogen and oxygen atoms in total. The first kappa shape index (κ1) is 14.7. The summed E-state index contributed by atoms with van der Waals surface area (Å²) >= 11 is 0. The third-order valence-electron chi connectivity index (χ3n) is 3.55. The number of aliphatic hydroxyl groups excluding tert-OH is 1. The molecule has 0 radical (unpaired) electrons. The predicted molar refractivity (Wildman–Crippen MR) is 74.2 cm³/mol. The molecule has 20 heavy (non-hydrogen) atoms. The summed E-state index contributed by atoms with van der Waals surface area (Å²) in [5, 5.41) is 20.0. The van der Waals surface area contributed by atoms with Crippen LogP contribution in [0.15, 0.2) is 18.2 Å². The lowest BCUT2D eigenvalue weighted by Crippen LogP contribution is -2.48. The number of morpholine rings is 1. The number of aliphatic hydroxyl groups is 1. The molecule has 1 fully saturated rings. The van der Waals surface area contributed by atoms with Gasteiger partial charge in [0.05, 0.1) is 24.2 Å². The molecule has 0 aliphatic carbocycles. The van der Waals surface area contributed by atoms with Crippen molar-refractivity contribution in [3.05, 3.63) is 33.9 Å². The molecule has 1 aliphatic rings. The SMILES string of the molecule is CC1COC(CO)CN1Cc1cc([N+](=O)[O-])ccc1N. The summed E-state index contributed by atoms with van der Waals surface area (Å²) in [4.78, 5) is 12.5. The second kappa shape index (κ2) is 6.17. The van der Waals surface area contributed by atoms with Crippen molar-refractivity contribution in [2.45, 2.75) is 25.6 Å². The van der Waals surface area contributed by atoms with Crippen molar-refractivity contribution in [1.82, 2.24) is 4.90 Å². The minimum atomic E-state index is -0.428. The summed E-state index contributed by atoms with van der Waals surface area (Å²) in [5.41, 5.74) is 7.19. The Bertz CT molecular complexity index is 495. The number of benzene rings is 1. The number of nitrogen functional groups attached to an aromatic ring is 1. The number of nitro groups is 1. The summed E-state index contributed by atoms with van der Waals surface area (Å²) in [6.45, 7) is 3.60. The Morgan fingerprint density at radius 3 is 3.00 bits per heavy atom. The van der Waals surface area contributed by atoms with E-state index in [0.29, 0.717) is 25.4 Å². The van der Waals surface area contributed by atoms with Gasteiger partial charge < -0.3 is 15.6 Å². The van der Waals surface area contributed by atoms with Crippen molar-refractivity contribution < 1.29 is 14.8 Å². The van der Waals surface area contributed by atoms with Crippen molar-refractivity contribution in [1.29, 1.82) is 0 Å². The Morgan fingerprint density at radius 2 is 2.35 bits per heavy atom. The molecule has 2 unspecified atom stereocenters. The zero-order valence-corrected chi connectivity index (χ0v) is 11.4. The highest BCUT2D eigenvalue weighted by molar-refractivity contribution is 5.52. The van der Waals surface area contributed by atoms with Gasteiger partial charge in [0.25, 0.3) is 5.69 Å². The van der Waals surface area contributed by atoms with E-state index in [0.717, 1.165) is 5.56 Å². The van der Waals surface area contributed by atoms with Gasteiger partial charge in [-0.15, -0.1) is 0 Å². The second-order valence-electron chi connectivity index (χ2n) is 5.06. The molecule has 1 aromatic rings. The fourth-order valence-corrected chi connectivity index (χ4v) is 2.27. The van der Waals surface area contributed by atoms with Gasteiger partial charge in [0.15, 0.2) is 0 Å². The Labute approximate surface area is 117 Å². The standard InChI is InChI=1S/C13H19N3O4/c1-9-8-20-12(7-17)6-15(9)5-10-4-11(16(18)19)2-3-13(10)14/h2-4,9,12,17H,5-8,14H2,1H3. The number of rotatable bonds is 4. The van der Waals surface area contributed by atoms with Crippen LogP contribution in [-0.4, -0.2) is 46.8 Å². The van der Waals surface area contributed by atoms with Crippen molar-refractivity contribution >= 4 is 11.4 Å². The smallest absolute Gasteiger partial charge is 0.269 e. The van der Waals surface area contributed by atoms with E-state index in [1.807, 2.05) is 6.92 Å². The van der Waals surface area contributed by atoms with E-state index < -0.39 is 4.92 Å². The Balaban J connectivity index is 2.15. The molecule has 7 heteroatoms. The summed E-state index contributed by atoms with van der Waals surface area (Å²) in [6, 6.07) is 4.64. The number of nitro benzene ring substituents is 1. The van der Waals surface area contributed by atoms with Gasteiger partial charge in [-0.1, -0.05) is 0 Å². The van der Waals surface area contributed by atoms with Crippen molar-refractivity contribution in [2.75, 3.05) is 25.5 Å². The largest absolute Gasteiger partial charge is 0.398 e. The third-order valence-corrected chi connectivity index (χ3v) is 3.55. The highest BCUT2D eigenvalue weighted by atomic mass is 16.6. The van der Waals surface area contributed by atoms with Crippen LogP contribution in [0.3, 0.4) is 0 Å². The maximum absolute atomic E-state index is 10.8. The van der Waals surface area contributed by atoms with Crippen LogP contribution in [0.2, 0.25) is 0 Å². The Kier molecular flexibility index (Phi) is 4.53. The Morgan fingerprint density at radius 1 is 1.60 bits per heavy atom. The molecule has 110 valence electrons. The molecular formula is C13H19N3O4. The predicted octanol–water partition coefficient (Wildman–Crippen LogP) is 0.759. The van der Waals surface area contributed by atoms with Crippen LogP contribution < -0.4 is 5.73 Å². The monoisotopic (exact) mass is 281 g/mol. The number of hydrogen-bond acceptors (Lipinski definition) is 6. The zero-order valence-electron chi connectivity index (χ0n) is 11.4. The van der Waals surface area contributed by atoms with Crippen LogP contribution >= 0.6 is 0 Å². The molecule has 2 atom stereocenters. The van der Waals surface area contributed by atoms with Crippen LogP contribution in [0.5, 0.6) is 0 Å². The fourth-order valence-electron chi connectivity index (χ4n) is 2.27. The van der Waals surface area contributed by atoms with Crippen LogP contribution in [0.25, 0.3) is 0 Å². The quantitative estimate of drug-likeness (QED) is 0.480. The number of non-ortho nitro benzene ring substituents is 1. The van der Waals surface area contributed by atoms with Crippen LogP contribution in [0, 0.1) is 10.1 Å². The lowest BCUT2D eigenvalue weighted by atomic mass is 10.1. The molecule has 1 aromatic carbocycles. The van der Waals surface area contributed by atoms with Crippen LogP contribution in [0.1, 0.15) is 12.5 Å². The van der Waals surface area contributed by atoms with E-state index in [1.165, 1.54) is 12.1 Å². The topological polar surface area (TPSA) is 102 Å². The number of nitrogens with zero attached hydrogens (tertiary/aromatic N) is 2. The van der Waals surface area contributed by atoms with E-state index in [2.05, 4.69) is 4.90 Å². The van der Waals surface area contributed by atoms with Gasteiger partial charge in [-0.3, -0.25) is 15.0 Å². The zero-order chi connectivity index (χ0) is 14.7. The average Bonchev–Trinajstić information content (AvgIpc) is 2.43. The summed E-state index contributed by atoms with van der Waals surface area (Å²) in [5.74, 6) is 0. The minimum absolute atomic E-state index is 0.0341. The van der Waals surface area contributed by atoms with Crippen molar-refractivity contribution in [3.8, 4) is 0 Å². The van der Waals surface area contributed by atoms with E-state index in [-0.39, 0.29) is 24.4 Å². The number of anilines is 1. The van der Waals surface area contributed by atoms with E-state index in [9.17, 15) is 10.1 Å². The Hall–Kier alpha value is -1.70. The van der Waals surface area contributed by atoms with E-state index in [4.69, 9.17) is 15.6 Å². The van der Waals surface area contributed by atoms with Crippen molar-refractivity contribution in [2.24, 2.45) is 0 Å². The van der Waals surface area contributed by atoms with E-state index >= 15 is 0 Å². The molecule has 0 bridgehead atoms. The first-order chi connectivity index (χ1) is 9.51. The van der Waals surface area contributed by atoms with Gasteiger partial charge in [-0.2, -0.15) is 0 Å². The average molecular weight is 281 g/mol. The van der Waals surface area contributed by atoms with E-state index in [1.54, 1.807) is 6.07 Å².